The lowest BCUT2D eigenvalue weighted by atomic mass is 9.84. The maximum atomic E-state index is 11.2. The van der Waals surface area contributed by atoms with Gasteiger partial charge in [0.15, 0.2) is 0 Å². The van der Waals surface area contributed by atoms with Crippen LogP contribution in [0.15, 0.2) is 22.7 Å². The summed E-state index contributed by atoms with van der Waals surface area (Å²) in [6, 6.07) is 5.66. The summed E-state index contributed by atoms with van der Waals surface area (Å²) in [5.41, 5.74) is 12.7. The number of carbonyl (C=O) groups excluding carboxylic acids is 1. The molecule has 2 rings (SSSR count). The molecule has 0 aliphatic heterocycles. The smallest absolute Gasteiger partial charge is 0.248 e. The molecule has 0 saturated heterocycles. The minimum Gasteiger partial charge on any atom is -0.380 e. The zero-order chi connectivity index (χ0) is 14.5. The van der Waals surface area contributed by atoms with Crippen LogP contribution in [-0.4, -0.2) is 18.5 Å². The number of nitrogens with two attached hydrogens (primary N) is 2. The van der Waals surface area contributed by atoms with Crippen LogP contribution in [0.3, 0.4) is 0 Å². The number of hydrogen-bond donors (Lipinski definition) is 3. The summed E-state index contributed by atoms with van der Waals surface area (Å²) in [6.07, 6.45) is 6.41. The van der Waals surface area contributed by atoms with Gasteiger partial charge in [-0.25, -0.2) is 0 Å². The van der Waals surface area contributed by atoms with E-state index in [2.05, 4.69) is 21.2 Å². The Kier molecular flexibility index (Phi) is 5.43. The van der Waals surface area contributed by atoms with Crippen molar-refractivity contribution in [2.45, 2.75) is 38.1 Å². The highest BCUT2D eigenvalue weighted by atomic mass is 79.9. The van der Waals surface area contributed by atoms with Gasteiger partial charge in [0.1, 0.15) is 0 Å². The van der Waals surface area contributed by atoms with Crippen molar-refractivity contribution in [3.05, 3.63) is 28.2 Å². The van der Waals surface area contributed by atoms with Crippen molar-refractivity contribution in [1.29, 1.82) is 0 Å². The molecule has 110 valence electrons. The van der Waals surface area contributed by atoms with Gasteiger partial charge in [0.25, 0.3) is 0 Å². The fourth-order valence-corrected chi connectivity index (χ4v) is 3.38. The molecule has 5 N–H and O–H groups in total. The first-order valence-electron chi connectivity index (χ1n) is 7.17. The van der Waals surface area contributed by atoms with Crippen molar-refractivity contribution in [2.24, 2.45) is 17.4 Å². The lowest BCUT2D eigenvalue weighted by Gasteiger charge is -2.31. The van der Waals surface area contributed by atoms with Gasteiger partial charge >= 0.3 is 0 Å². The lowest BCUT2D eigenvalue weighted by molar-refractivity contribution is 0.100. The van der Waals surface area contributed by atoms with E-state index in [9.17, 15) is 4.79 Å². The molecule has 1 unspecified atom stereocenters. The molecule has 1 aromatic carbocycles. The second-order valence-corrected chi connectivity index (χ2v) is 6.30. The summed E-state index contributed by atoms with van der Waals surface area (Å²) >= 11 is 3.49. The maximum absolute atomic E-state index is 11.2. The van der Waals surface area contributed by atoms with Gasteiger partial charge in [-0.05, 0) is 52.9 Å². The third-order valence-electron chi connectivity index (χ3n) is 4.07. The predicted octanol–water partition coefficient (Wildman–Crippen LogP) is 2.87. The fraction of sp³-hybridized carbons (Fsp3) is 0.533. The van der Waals surface area contributed by atoms with Crippen LogP contribution in [0.5, 0.6) is 0 Å². The Labute approximate surface area is 128 Å². The van der Waals surface area contributed by atoms with Crippen LogP contribution >= 0.6 is 15.9 Å². The number of rotatable bonds is 5. The Morgan fingerprint density at radius 2 is 2.05 bits per heavy atom. The largest absolute Gasteiger partial charge is 0.380 e. The number of halogens is 1. The Bertz CT molecular complexity index is 472. The highest BCUT2D eigenvalue weighted by molar-refractivity contribution is 9.10. The summed E-state index contributed by atoms with van der Waals surface area (Å²) in [5, 5.41) is 3.51. The van der Waals surface area contributed by atoms with Crippen molar-refractivity contribution >= 4 is 27.5 Å². The van der Waals surface area contributed by atoms with Crippen LogP contribution in [0, 0.1) is 5.92 Å². The fourth-order valence-electron chi connectivity index (χ4n) is 2.89. The van der Waals surface area contributed by atoms with E-state index in [0.29, 0.717) is 18.0 Å². The molecule has 20 heavy (non-hydrogen) atoms. The van der Waals surface area contributed by atoms with E-state index in [1.165, 1.54) is 32.1 Å². The van der Waals surface area contributed by atoms with E-state index in [-0.39, 0.29) is 6.04 Å². The van der Waals surface area contributed by atoms with Gasteiger partial charge in [-0.2, -0.15) is 0 Å². The summed E-state index contributed by atoms with van der Waals surface area (Å²) in [5.74, 6) is 0.219. The van der Waals surface area contributed by atoms with Gasteiger partial charge < -0.3 is 16.8 Å². The van der Waals surface area contributed by atoms with Crippen LogP contribution in [0.25, 0.3) is 0 Å². The molecule has 5 heteroatoms. The number of benzene rings is 1. The van der Waals surface area contributed by atoms with Crippen LogP contribution < -0.4 is 16.8 Å². The van der Waals surface area contributed by atoms with Crippen molar-refractivity contribution in [1.82, 2.24) is 0 Å². The molecule has 4 nitrogen and oxygen atoms in total. The normalized spacial score (nSPS) is 17.7. The SMILES string of the molecule is NCC(Nc1ccc(C(N)=O)cc1Br)C1CCCCC1. The second kappa shape index (κ2) is 7.09. The van der Waals surface area contributed by atoms with Crippen molar-refractivity contribution < 1.29 is 4.79 Å². The Morgan fingerprint density at radius 1 is 1.35 bits per heavy atom. The van der Waals surface area contributed by atoms with E-state index < -0.39 is 5.91 Å². The van der Waals surface area contributed by atoms with E-state index in [1.807, 2.05) is 6.07 Å². The molecule has 1 fully saturated rings. The van der Waals surface area contributed by atoms with E-state index in [4.69, 9.17) is 11.5 Å². The highest BCUT2D eigenvalue weighted by Gasteiger charge is 2.23. The summed E-state index contributed by atoms with van der Waals surface area (Å²) in [4.78, 5) is 11.2. The average Bonchev–Trinajstić information content (AvgIpc) is 2.46. The monoisotopic (exact) mass is 339 g/mol. The molecule has 1 aliphatic rings. The van der Waals surface area contributed by atoms with Gasteiger partial charge in [0.2, 0.25) is 5.91 Å². The van der Waals surface area contributed by atoms with Gasteiger partial charge in [-0.15, -0.1) is 0 Å². The van der Waals surface area contributed by atoms with Crippen molar-refractivity contribution in [3.63, 3.8) is 0 Å². The minimum absolute atomic E-state index is 0.283. The van der Waals surface area contributed by atoms with Gasteiger partial charge in [-0.3, -0.25) is 4.79 Å². The topological polar surface area (TPSA) is 81.1 Å². The summed E-state index contributed by atoms with van der Waals surface area (Å²) < 4.78 is 0.850. The van der Waals surface area contributed by atoms with E-state index in [1.54, 1.807) is 12.1 Å². The Morgan fingerprint density at radius 3 is 2.60 bits per heavy atom. The number of anilines is 1. The van der Waals surface area contributed by atoms with Crippen LogP contribution in [-0.2, 0) is 0 Å². The maximum Gasteiger partial charge on any atom is 0.248 e. The molecule has 1 atom stereocenters. The molecule has 0 bridgehead atoms. The molecular formula is C15H22BrN3O. The zero-order valence-corrected chi connectivity index (χ0v) is 13.2. The van der Waals surface area contributed by atoms with Crippen LogP contribution in [0.1, 0.15) is 42.5 Å². The predicted molar refractivity (Wildman–Crippen MR) is 85.7 cm³/mol. The number of amides is 1. The lowest BCUT2D eigenvalue weighted by Crippen LogP contribution is -2.37. The molecule has 0 radical (unpaired) electrons. The first-order valence-corrected chi connectivity index (χ1v) is 7.97. The van der Waals surface area contributed by atoms with Crippen LogP contribution in [0.4, 0.5) is 5.69 Å². The Hall–Kier alpha value is -1.07. The van der Waals surface area contributed by atoms with Gasteiger partial charge in [0, 0.05) is 28.3 Å². The summed E-state index contributed by atoms with van der Waals surface area (Å²) in [6.45, 7) is 0.620. The average molecular weight is 340 g/mol. The quantitative estimate of drug-likeness (QED) is 0.771. The van der Waals surface area contributed by atoms with Gasteiger partial charge in [0.05, 0.1) is 0 Å². The molecule has 0 aromatic heterocycles. The third-order valence-corrected chi connectivity index (χ3v) is 4.72. The number of hydrogen-bond acceptors (Lipinski definition) is 3. The minimum atomic E-state index is -0.417. The zero-order valence-electron chi connectivity index (χ0n) is 11.6. The third kappa shape index (κ3) is 3.73. The molecule has 1 aromatic rings. The molecule has 0 spiro atoms. The van der Waals surface area contributed by atoms with E-state index in [0.717, 1.165) is 10.2 Å². The van der Waals surface area contributed by atoms with Gasteiger partial charge in [-0.1, -0.05) is 19.3 Å². The molecular weight excluding hydrogens is 318 g/mol. The number of nitrogens with one attached hydrogen (secondary N) is 1. The first-order chi connectivity index (χ1) is 9.61. The Balaban J connectivity index is 2.08. The first kappa shape index (κ1) is 15.3. The second-order valence-electron chi connectivity index (χ2n) is 5.44. The van der Waals surface area contributed by atoms with Crippen molar-refractivity contribution in [2.75, 3.05) is 11.9 Å². The number of carbonyl (C=O) groups is 1. The van der Waals surface area contributed by atoms with Crippen LogP contribution in [0.2, 0.25) is 0 Å². The molecule has 1 aliphatic carbocycles. The molecule has 1 saturated carbocycles. The molecule has 0 heterocycles. The number of primary amides is 1. The molecule has 1 amide bonds. The van der Waals surface area contributed by atoms with E-state index >= 15 is 0 Å². The standard InChI is InChI=1S/C15H22BrN3O/c16-12-8-11(15(18)20)6-7-13(12)19-14(9-17)10-4-2-1-3-5-10/h6-8,10,14,19H,1-5,9,17H2,(H2,18,20). The summed E-state index contributed by atoms with van der Waals surface area (Å²) in [7, 11) is 0. The highest BCUT2D eigenvalue weighted by Crippen LogP contribution is 2.30. The van der Waals surface area contributed by atoms with Crippen molar-refractivity contribution in [3.8, 4) is 0 Å².